The Balaban J connectivity index is 1.86. The zero-order valence-electron chi connectivity index (χ0n) is 12.0. The van der Waals surface area contributed by atoms with Gasteiger partial charge in [-0.3, -0.25) is 4.79 Å². The third kappa shape index (κ3) is 4.08. The summed E-state index contributed by atoms with van der Waals surface area (Å²) in [6, 6.07) is 5.52. The summed E-state index contributed by atoms with van der Waals surface area (Å²) in [5.41, 5.74) is 3.49. The zero-order chi connectivity index (χ0) is 14.7. The highest BCUT2D eigenvalue weighted by molar-refractivity contribution is 5.84. The van der Waals surface area contributed by atoms with Crippen molar-refractivity contribution in [2.75, 3.05) is 0 Å². The van der Waals surface area contributed by atoms with E-state index >= 15 is 0 Å². The molecular weight excluding hydrogens is 254 g/mol. The predicted molar refractivity (Wildman–Crippen MR) is 76.5 cm³/mol. The average Bonchev–Trinajstić information content (AvgIpc) is 3.16. The Morgan fingerprint density at radius 3 is 2.35 bits per heavy atom. The molecular formula is C16H21NO3. The van der Waals surface area contributed by atoms with Crippen molar-refractivity contribution in [2.24, 2.45) is 5.92 Å². The molecule has 1 aromatic rings. The molecule has 108 valence electrons. The molecule has 1 aliphatic carbocycles. The number of carboxylic acids is 1. The van der Waals surface area contributed by atoms with Crippen molar-refractivity contribution in [3.8, 4) is 0 Å². The van der Waals surface area contributed by atoms with Crippen LogP contribution in [0.3, 0.4) is 0 Å². The first kappa shape index (κ1) is 14.6. The number of hydrogen-bond donors (Lipinski definition) is 2. The Labute approximate surface area is 119 Å². The van der Waals surface area contributed by atoms with E-state index < -0.39 is 12.0 Å². The molecule has 0 bridgehead atoms. The fourth-order valence-electron chi connectivity index (χ4n) is 2.53. The van der Waals surface area contributed by atoms with Crippen LogP contribution in [0.4, 0.5) is 0 Å². The lowest BCUT2D eigenvalue weighted by atomic mass is 10.0. The van der Waals surface area contributed by atoms with Crippen LogP contribution in [-0.2, 0) is 16.0 Å². The number of aliphatic carboxylic acids is 1. The van der Waals surface area contributed by atoms with E-state index in [0.29, 0.717) is 12.8 Å². The van der Waals surface area contributed by atoms with Crippen LogP contribution in [0.15, 0.2) is 18.2 Å². The second-order valence-electron chi connectivity index (χ2n) is 5.72. The second kappa shape index (κ2) is 6.07. The van der Waals surface area contributed by atoms with Crippen LogP contribution in [-0.4, -0.2) is 23.0 Å². The third-order valence-electron chi connectivity index (χ3n) is 3.60. The second-order valence-corrected chi connectivity index (χ2v) is 5.72. The van der Waals surface area contributed by atoms with E-state index in [1.807, 2.05) is 13.8 Å². The van der Waals surface area contributed by atoms with Gasteiger partial charge in [0, 0.05) is 6.42 Å². The van der Waals surface area contributed by atoms with Gasteiger partial charge in [-0.2, -0.15) is 0 Å². The van der Waals surface area contributed by atoms with E-state index in [1.54, 1.807) is 0 Å². The van der Waals surface area contributed by atoms with Gasteiger partial charge >= 0.3 is 5.97 Å². The van der Waals surface area contributed by atoms with Crippen LogP contribution in [0.5, 0.6) is 0 Å². The fraction of sp³-hybridized carbons (Fsp3) is 0.500. The van der Waals surface area contributed by atoms with Gasteiger partial charge in [-0.1, -0.05) is 29.3 Å². The third-order valence-corrected chi connectivity index (χ3v) is 3.60. The number of benzene rings is 1. The molecule has 4 heteroatoms. The van der Waals surface area contributed by atoms with E-state index in [1.165, 1.54) is 11.1 Å². The summed E-state index contributed by atoms with van der Waals surface area (Å²) in [7, 11) is 0. The molecule has 0 radical (unpaired) electrons. The van der Waals surface area contributed by atoms with Crippen LogP contribution in [0.25, 0.3) is 0 Å². The van der Waals surface area contributed by atoms with Crippen molar-refractivity contribution in [1.29, 1.82) is 0 Å². The Kier molecular flexibility index (Phi) is 4.42. The molecule has 1 fully saturated rings. The first-order valence-corrected chi connectivity index (χ1v) is 7.05. The molecule has 1 saturated carbocycles. The topological polar surface area (TPSA) is 66.4 Å². The summed E-state index contributed by atoms with van der Waals surface area (Å²) in [4.78, 5) is 22.9. The van der Waals surface area contributed by atoms with Crippen molar-refractivity contribution < 1.29 is 14.7 Å². The average molecular weight is 275 g/mol. The van der Waals surface area contributed by atoms with Gasteiger partial charge in [0.1, 0.15) is 6.04 Å². The summed E-state index contributed by atoms with van der Waals surface area (Å²) in [5, 5.41) is 11.7. The van der Waals surface area contributed by atoms with Crippen molar-refractivity contribution in [2.45, 2.75) is 45.6 Å². The molecule has 2 N–H and O–H groups in total. The Hall–Kier alpha value is -1.84. The molecule has 1 aromatic carbocycles. The fourth-order valence-corrected chi connectivity index (χ4v) is 2.53. The minimum Gasteiger partial charge on any atom is -0.480 e. The number of carboxylic acid groups (broad SMARTS) is 1. The molecule has 4 nitrogen and oxygen atoms in total. The van der Waals surface area contributed by atoms with Crippen LogP contribution in [0.1, 0.15) is 36.0 Å². The number of aryl methyl sites for hydroxylation is 3. The van der Waals surface area contributed by atoms with E-state index in [9.17, 15) is 9.59 Å². The minimum atomic E-state index is -0.924. The largest absolute Gasteiger partial charge is 0.480 e. The quantitative estimate of drug-likeness (QED) is 0.836. The van der Waals surface area contributed by atoms with Crippen molar-refractivity contribution in [3.05, 3.63) is 34.9 Å². The number of carbonyl (C=O) groups is 2. The number of amides is 1. The van der Waals surface area contributed by atoms with Gasteiger partial charge in [-0.05, 0) is 44.6 Å². The van der Waals surface area contributed by atoms with Gasteiger partial charge in [0.05, 0.1) is 0 Å². The SMILES string of the molecule is Cc1cc(C)cc(CCC(=O)NC(C(=O)O)C2CC2)c1. The molecule has 0 aromatic heterocycles. The van der Waals surface area contributed by atoms with Gasteiger partial charge < -0.3 is 10.4 Å². The molecule has 1 atom stereocenters. The minimum absolute atomic E-state index is 0.123. The molecule has 1 amide bonds. The molecule has 0 heterocycles. The van der Waals surface area contributed by atoms with Crippen LogP contribution < -0.4 is 5.32 Å². The standard InChI is InChI=1S/C16H21NO3/c1-10-7-11(2)9-12(8-10)3-6-14(18)17-15(16(19)20)13-4-5-13/h7-9,13,15H,3-6H2,1-2H3,(H,17,18)(H,19,20). The lowest BCUT2D eigenvalue weighted by Crippen LogP contribution is -2.42. The van der Waals surface area contributed by atoms with Crippen molar-refractivity contribution in [3.63, 3.8) is 0 Å². The maximum absolute atomic E-state index is 11.9. The maximum atomic E-state index is 11.9. The normalized spacial score (nSPS) is 15.7. The smallest absolute Gasteiger partial charge is 0.326 e. The number of carbonyl (C=O) groups excluding carboxylic acids is 1. The number of rotatable bonds is 6. The highest BCUT2D eigenvalue weighted by atomic mass is 16.4. The number of hydrogen-bond acceptors (Lipinski definition) is 2. The van der Waals surface area contributed by atoms with Gasteiger partial charge in [0.2, 0.25) is 5.91 Å². The summed E-state index contributed by atoms with van der Waals surface area (Å²) in [6.07, 6.45) is 2.77. The van der Waals surface area contributed by atoms with Gasteiger partial charge in [-0.25, -0.2) is 4.79 Å². The summed E-state index contributed by atoms with van der Waals surface area (Å²) < 4.78 is 0. The van der Waals surface area contributed by atoms with Crippen molar-refractivity contribution >= 4 is 11.9 Å². The molecule has 2 rings (SSSR count). The summed E-state index contributed by atoms with van der Waals surface area (Å²) >= 11 is 0. The Bertz CT molecular complexity index is 500. The van der Waals surface area contributed by atoms with Gasteiger partial charge in [0.25, 0.3) is 0 Å². The van der Waals surface area contributed by atoms with E-state index in [4.69, 9.17) is 5.11 Å². The first-order chi connectivity index (χ1) is 9.45. The van der Waals surface area contributed by atoms with Crippen molar-refractivity contribution in [1.82, 2.24) is 5.32 Å². The van der Waals surface area contributed by atoms with E-state index in [2.05, 4.69) is 23.5 Å². The van der Waals surface area contributed by atoms with Crippen LogP contribution in [0, 0.1) is 19.8 Å². The Morgan fingerprint density at radius 1 is 1.25 bits per heavy atom. The molecule has 1 unspecified atom stereocenters. The molecule has 20 heavy (non-hydrogen) atoms. The van der Waals surface area contributed by atoms with E-state index in [0.717, 1.165) is 18.4 Å². The van der Waals surface area contributed by atoms with Gasteiger partial charge in [-0.15, -0.1) is 0 Å². The summed E-state index contributed by atoms with van der Waals surface area (Å²) in [5.74, 6) is -0.978. The van der Waals surface area contributed by atoms with Crippen LogP contribution in [0.2, 0.25) is 0 Å². The molecule has 0 aliphatic heterocycles. The lowest BCUT2D eigenvalue weighted by molar-refractivity contribution is -0.142. The highest BCUT2D eigenvalue weighted by Gasteiger charge is 2.37. The monoisotopic (exact) mass is 275 g/mol. The maximum Gasteiger partial charge on any atom is 0.326 e. The predicted octanol–water partition coefficient (Wildman–Crippen LogP) is 2.22. The first-order valence-electron chi connectivity index (χ1n) is 7.05. The molecule has 0 spiro atoms. The number of nitrogens with one attached hydrogen (secondary N) is 1. The van der Waals surface area contributed by atoms with Crippen LogP contribution >= 0.6 is 0 Å². The molecule has 0 saturated heterocycles. The summed E-state index contributed by atoms with van der Waals surface area (Å²) in [6.45, 7) is 4.06. The molecule has 1 aliphatic rings. The van der Waals surface area contributed by atoms with Gasteiger partial charge in [0.15, 0.2) is 0 Å². The Morgan fingerprint density at radius 2 is 1.85 bits per heavy atom. The van der Waals surface area contributed by atoms with E-state index in [-0.39, 0.29) is 11.8 Å². The zero-order valence-corrected chi connectivity index (χ0v) is 12.0. The lowest BCUT2D eigenvalue weighted by Gasteiger charge is -2.13. The highest BCUT2D eigenvalue weighted by Crippen LogP contribution is 2.32.